The summed E-state index contributed by atoms with van der Waals surface area (Å²) in [4.78, 5) is 13.9. The van der Waals surface area contributed by atoms with Gasteiger partial charge in [0.05, 0.1) is 22.5 Å². The van der Waals surface area contributed by atoms with Crippen molar-refractivity contribution in [1.29, 1.82) is 0 Å². The maximum atomic E-state index is 11.8. The normalized spacial score (nSPS) is 21.4. The van der Waals surface area contributed by atoms with Gasteiger partial charge in [-0.25, -0.2) is 8.42 Å². The maximum absolute atomic E-state index is 11.8. The van der Waals surface area contributed by atoms with Gasteiger partial charge in [0.15, 0.2) is 9.84 Å². The molecular weight excluding hydrogens is 308 g/mol. The molecule has 1 fully saturated rings. The third-order valence-corrected chi connectivity index (χ3v) is 4.86. The van der Waals surface area contributed by atoms with E-state index in [0.717, 1.165) is 12.3 Å². The summed E-state index contributed by atoms with van der Waals surface area (Å²) in [5.41, 5.74) is -0.647. The van der Waals surface area contributed by atoms with Crippen LogP contribution in [0.2, 0.25) is 5.02 Å². The lowest BCUT2D eigenvalue weighted by atomic mass is 10.2. The molecular formula is C11H10ClN2O5S-. The van der Waals surface area contributed by atoms with Crippen molar-refractivity contribution in [2.24, 2.45) is 4.99 Å². The van der Waals surface area contributed by atoms with Crippen molar-refractivity contribution < 1.29 is 18.4 Å². The van der Waals surface area contributed by atoms with Crippen molar-refractivity contribution in [3.63, 3.8) is 0 Å². The van der Waals surface area contributed by atoms with E-state index in [2.05, 4.69) is 4.99 Å². The Bertz CT molecular complexity index is 686. The molecule has 0 aromatic heterocycles. The molecule has 2 rings (SSSR count). The summed E-state index contributed by atoms with van der Waals surface area (Å²) < 4.78 is 22.5. The number of nitro groups is 1. The van der Waals surface area contributed by atoms with E-state index >= 15 is 0 Å². The molecule has 0 spiro atoms. The number of sulfone groups is 1. The van der Waals surface area contributed by atoms with E-state index in [1.54, 1.807) is 0 Å². The molecule has 1 aliphatic heterocycles. The molecule has 0 radical (unpaired) electrons. The predicted octanol–water partition coefficient (Wildman–Crippen LogP) is 0.928. The Morgan fingerprint density at radius 2 is 2.15 bits per heavy atom. The van der Waals surface area contributed by atoms with Crippen molar-refractivity contribution in [2.75, 3.05) is 11.5 Å². The fourth-order valence-electron chi connectivity index (χ4n) is 1.91. The molecule has 1 aromatic rings. The molecule has 7 nitrogen and oxygen atoms in total. The van der Waals surface area contributed by atoms with Gasteiger partial charge in [0.2, 0.25) is 0 Å². The highest BCUT2D eigenvalue weighted by atomic mass is 35.5. The Morgan fingerprint density at radius 3 is 2.70 bits per heavy atom. The average Bonchev–Trinajstić information content (AvgIpc) is 2.69. The first-order valence-corrected chi connectivity index (χ1v) is 7.87. The highest BCUT2D eigenvalue weighted by molar-refractivity contribution is 7.91. The lowest BCUT2D eigenvalue weighted by Gasteiger charge is -2.11. The summed E-state index contributed by atoms with van der Waals surface area (Å²) in [6.07, 6.45) is 1.54. The second-order valence-electron chi connectivity index (χ2n) is 4.44. The van der Waals surface area contributed by atoms with Crippen LogP contribution in [0.5, 0.6) is 5.75 Å². The molecule has 0 amide bonds. The number of halogens is 1. The summed E-state index contributed by atoms with van der Waals surface area (Å²) in [6, 6.07) is 1.82. The molecule has 20 heavy (non-hydrogen) atoms. The van der Waals surface area contributed by atoms with Gasteiger partial charge < -0.3 is 5.11 Å². The van der Waals surface area contributed by atoms with E-state index in [0.29, 0.717) is 6.42 Å². The fraction of sp³-hybridized carbons (Fsp3) is 0.364. The minimum atomic E-state index is -3.07. The summed E-state index contributed by atoms with van der Waals surface area (Å²) in [7, 11) is -3.07. The van der Waals surface area contributed by atoms with E-state index in [1.807, 2.05) is 0 Å². The van der Waals surface area contributed by atoms with Crippen molar-refractivity contribution in [2.45, 2.75) is 12.5 Å². The quantitative estimate of drug-likeness (QED) is 0.467. The molecule has 0 saturated carbocycles. The van der Waals surface area contributed by atoms with Crippen LogP contribution >= 0.6 is 11.6 Å². The van der Waals surface area contributed by atoms with Crippen molar-refractivity contribution in [1.82, 2.24) is 0 Å². The standard InChI is InChI=1S/C11H11ClN2O5S/c12-8-3-7(11(15)10(4-8)14(16)17)5-13-9-1-2-20(18,19)6-9/h3-5,9,15H,1-2,6H2/p-1/t9-/m0/s1. The fourth-order valence-corrected chi connectivity index (χ4v) is 3.77. The van der Waals surface area contributed by atoms with E-state index in [1.165, 1.54) is 6.07 Å². The zero-order valence-electron chi connectivity index (χ0n) is 10.2. The van der Waals surface area contributed by atoms with Crippen LogP contribution in [0.15, 0.2) is 17.1 Å². The van der Waals surface area contributed by atoms with E-state index in [9.17, 15) is 23.6 Å². The lowest BCUT2D eigenvalue weighted by molar-refractivity contribution is -0.398. The molecule has 1 aromatic carbocycles. The minimum Gasteiger partial charge on any atom is -0.867 e. The Hall–Kier alpha value is -1.67. The van der Waals surface area contributed by atoms with Crippen LogP contribution in [0.25, 0.3) is 0 Å². The maximum Gasteiger partial charge on any atom is 0.263 e. The SMILES string of the molecule is O=[N+]([O-])c1cc(Cl)cc(C=N[C@H]2CCS(=O)(=O)C2)c1[O-]. The van der Waals surface area contributed by atoms with Gasteiger partial charge >= 0.3 is 0 Å². The number of nitro benzene ring substituents is 1. The van der Waals surface area contributed by atoms with Gasteiger partial charge in [0, 0.05) is 17.3 Å². The first-order valence-electron chi connectivity index (χ1n) is 5.67. The second-order valence-corrected chi connectivity index (χ2v) is 7.10. The zero-order valence-corrected chi connectivity index (χ0v) is 11.7. The molecule has 0 bridgehead atoms. The van der Waals surface area contributed by atoms with Crippen LogP contribution in [-0.2, 0) is 9.84 Å². The minimum absolute atomic E-state index is 0.0199. The summed E-state index contributed by atoms with van der Waals surface area (Å²) in [6.45, 7) is 0. The van der Waals surface area contributed by atoms with Gasteiger partial charge in [0.1, 0.15) is 0 Å². The zero-order chi connectivity index (χ0) is 14.9. The number of rotatable bonds is 3. The van der Waals surface area contributed by atoms with Gasteiger partial charge in [-0.3, -0.25) is 15.1 Å². The first-order chi connectivity index (χ1) is 9.28. The number of hydrogen-bond donors (Lipinski definition) is 0. The van der Waals surface area contributed by atoms with E-state index in [-0.39, 0.29) is 22.1 Å². The molecule has 9 heteroatoms. The van der Waals surface area contributed by atoms with Crippen LogP contribution in [0.4, 0.5) is 5.69 Å². The van der Waals surface area contributed by atoms with Crippen LogP contribution < -0.4 is 5.11 Å². The highest BCUT2D eigenvalue weighted by Crippen LogP contribution is 2.30. The second kappa shape index (κ2) is 5.37. The molecule has 1 heterocycles. The van der Waals surface area contributed by atoms with Gasteiger partial charge in [-0.05, 0) is 23.8 Å². The molecule has 0 aliphatic carbocycles. The molecule has 0 unspecified atom stereocenters. The van der Waals surface area contributed by atoms with Gasteiger partial charge in [-0.2, -0.15) is 0 Å². The van der Waals surface area contributed by atoms with Gasteiger partial charge in [0.25, 0.3) is 5.69 Å². The van der Waals surface area contributed by atoms with Gasteiger partial charge in [-0.15, -0.1) is 0 Å². The largest absolute Gasteiger partial charge is 0.867 e. The predicted molar refractivity (Wildman–Crippen MR) is 72.2 cm³/mol. The van der Waals surface area contributed by atoms with Crippen LogP contribution in [-0.4, -0.2) is 37.1 Å². The topological polar surface area (TPSA) is 113 Å². The summed E-state index contributed by atoms with van der Waals surface area (Å²) >= 11 is 5.71. The highest BCUT2D eigenvalue weighted by Gasteiger charge is 2.26. The molecule has 1 atom stereocenters. The Labute approximate surface area is 120 Å². The summed E-state index contributed by atoms with van der Waals surface area (Å²) in [5.74, 6) is -0.793. The smallest absolute Gasteiger partial charge is 0.263 e. The van der Waals surface area contributed by atoms with Gasteiger partial charge in [-0.1, -0.05) is 11.6 Å². The van der Waals surface area contributed by atoms with E-state index < -0.39 is 32.2 Å². The van der Waals surface area contributed by atoms with Crippen molar-refractivity contribution in [3.05, 3.63) is 32.8 Å². The number of nitrogens with zero attached hydrogens (tertiary/aromatic N) is 2. The third-order valence-electron chi connectivity index (χ3n) is 2.89. The number of aliphatic imine (C=N–C) groups is 1. The molecule has 1 aliphatic rings. The Morgan fingerprint density at radius 1 is 1.45 bits per heavy atom. The van der Waals surface area contributed by atoms with Crippen LogP contribution in [0.1, 0.15) is 12.0 Å². The van der Waals surface area contributed by atoms with Crippen LogP contribution in [0, 0.1) is 10.1 Å². The number of hydrogen-bond acceptors (Lipinski definition) is 6. The Balaban J connectivity index is 2.28. The third kappa shape index (κ3) is 3.26. The van der Waals surface area contributed by atoms with Crippen molar-refractivity contribution >= 4 is 33.3 Å². The molecule has 1 saturated heterocycles. The summed E-state index contributed by atoms with van der Waals surface area (Å²) in [5, 5.41) is 22.5. The van der Waals surface area contributed by atoms with E-state index in [4.69, 9.17) is 11.6 Å². The molecule has 108 valence electrons. The molecule has 0 N–H and O–H groups in total. The Kier molecular flexibility index (Phi) is 3.96. The lowest BCUT2D eigenvalue weighted by Crippen LogP contribution is -2.08. The van der Waals surface area contributed by atoms with Crippen LogP contribution in [0.3, 0.4) is 0 Å². The monoisotopic (exact) mass is 317 g/mol. The number of benzene rings is 1. The average molecular weight is 318 g/mol. The van der Waals surface area contributed by atoms with Crippen molar-refractivity contribution in [3.8, 4) is 5.75 Å². The first kappa shape index (κ1) is 14.7.